The lowest BCUT2D eigenvalue weighted by Crippen LogP contribution is -2.44. The number of carbonyl (C=O) groups is 1. The fourth-order valence-electron chi connectivity index (χ4n) is 4.66. The molecular weight excluding hydrogens is 504 g/mol. The Hall–Kier alpha value is -2.49. The van der Waals surface area contributed by atoms with Crippen molar-refractivity contribution < 1.29 is 22.7 Å². The van der Waals surface area contributed by atoms with Crippen LogP contribution in [0.4, 0.5) is 19.1 Å². The molecule has 2 aliphatic heterocycles. The van der Waals surface area contributed by atoms with Crippen LogP contribution in [0.5, 0.6) is 0 Å². The summed E-state index contributed by atoms with van der Waals surface area (Å²) in [6.07, 6.45) is -2.46. The lowest BCUT2D eigenvalue weighted by molar-refractivity contribution is -0.137. The molecule has 1 aromatic heterocycles. The van der Waals surface area contributed by atoms with Crippen molar-refractivity contribution in [1.29, 1.82) is 0 Å². The third-order valence-electron chi connectivity index (χ3n) is 6.54. The highest BCUT2D eigenvalue weighted by molar-refractivity contribution is 6.42. The Morgan fingerprint density at radius 3 is 2.51 bits per heavy atom. The summed E-state index contributed by atoms with van der Waals surface area (Å²) in [5.74, 6) is 0.368. The number of rotatable bonds is 4. The van der Waals surface area contributed by atoms with Gasteiger partial charge in [0.15, 0.2) is 0 Å². The molecule has 11 heteroatoms. The zero-order valence-corrected chi connectivity index (χ0v) is 20.1. The summed E-state index contributed by atoms with van der Waals surface area (Å²) in [6, 6.07) is 8.38. The van der Waals surface area contributed by atoms with Gasteiger partial charge < -0.3 is 15.0 Å². The Morgan fingerprint density at radius 2 is 1.83 bits per heavy atom. The predicted molar refractivity (Wildman–Crippen MR) is 128 cm³/mol. The summed E-state index contributed by atoms with van der Waals surface area (Å²) in [4.78, 5) is 19.4. The summed E-state index contributed by atoms with van der Waals surface area (Å²) in [7, 11) is 0. The highest BCUT2D eigenvalue weighted by atomic mass is 35.5. The van der Waals surface area contributed by atoms with Crippen LogP contribution in [0.3, 0.4) is 0 Å². The zero-order chi connectivity index (χ0) is 24.7. The minimum atomic E-state index is -4.48. The summed E-state index contributed by atoms with van der Waals surface area (Å²) in [6.45, 7) is 2.26. The van der Waals surface area contributed by atoms with Gasteiger partial charge in [-0.15, -0.1) is 0 Å². The number of benzene rings is 2. The highest BCUT2D eigenvalue weighted by Gasteiger charge is 2.32. The first kappa shape index (κ1) is 24.2. The van der Waals surface area contributed by atoms with Crippen LogP contribution >= 0.6 is 23.2 Å². The van der Waals surface area contributed by atoms with E-state index in [1.54, 1.807) is 22.8 Å². The predicted octanol–water partition coefficient (Wildman–Crippen LogP) is 5.47. The van der Waals surface area contributed by atoms with Crippen LogP contribution in [0.15, 0.2) is 36.4 Å². The van der Waals surface area contributed by atoms with Crippen molar-refractivity contribution in [3.05, 3.63) is 52.0 Å². The second-order valence-electron chi connectivity index (χ2n) is 8.88. The van der Waals surface area contributed by atoms with E-state index < -0.39 is 11.7 Å². The molecule has 2 saturated heterocycles. The first-order valence-electron chi connectivity index (χ1n) is 11.4. The van der Waals surface area contributed by atoms with Crippen LogP contribution in [0.25, 0.3) is 16.7 Å². The van der Waals surface area contributed by atoms with E-state index in [-0.39, 0.29) is 22.9 Å². The molecule has 1 amide bonds. The molecule has 5 rings (SSSR count). The number of nitrogens with one attached hydrogen (secondary N) is 1. The Morgan fingerprint density at radius 1 is 1.09 bits per heavy atom. The standard InChI is InChI=1S/C24H23Cl2F3N4O2/c25-18-11-20-21(12-19(18)26)33(17-3-1-2-15(10-17)24(27,28)29)23(31-20)32-7-4-14(5-8-32)22(34)30-16-6-9-35-13-16/h1-3,10-12,14,16H,4-9,13H2,(H,30,34). The molecule has 1 N–H and O–H groups in total. The van der Waals surface area contributed by atoms with Crippen molar-refractivity contribution in [3.63, 3.8) is 0 Å². The Labute approximate surface area is 209 Å². The van der Waals surface area contributed by atoms with Crippen LogP contribution in [0.2, 0.25) is 10.0 Å². The fraction of sp³-hybridized carbons (Fsp3) is 0.417. The number of nitrogens with zero attached hydrogens (tertiary/aromatic N) is 3. The molecule has 0 spiro atoms. The minimum Gasteiger partial charge on any atom is -0.379 e. The maximum absolute atomic E-state index is 13.4. The van der Waals surface area contributed by atoms with Gasteiger partial charge in [0.05, 0.1) is 39.3 Å². The van der Waals surface area contributed by atoms with Gasteiger partial charge in [-0.1, -0.05) is 29.3 Å². The molecule has 3 aromatic rings. The largest absolute Gasteiger partial charge is 0.416 e. The first-order chi connectivity index (χ1) is 16.7. The van der Waals surface area contributed by atoms with E-state index in [0.717, 1.165) is 18.6 Å². The van der Waals surface area contributed by atoms with Crippen molar-refractivity contribution in [2.45, 2.75) is 31.5 Å². The number of aromatic nitrogens is 2. The molecule has 2 fully saturated rings. The SMILES string of the molecule is O=C(NC1CCOC1)C1CCN(c2nc3cc(Cl)c(Cl)cc3n2-c2cccc(C(F)(F)F)c2)CC1. The Balaban J connectivity index is 1.46. The van der Waals surface area contributed by atoms with Gasteiger partial charge in [0.25, 0.3) is 0 Å². The van der Waals surface area contributed by atoms with Crippen molar-refractivity contribution in [1.82, 2.24) is 14.9 Å². The third-order valence-corrected chi connectivity index (χ3v) is 7.26. The Bertz CT molecular complexity index is 1250. The molecule has 6 nitrogen and oxygen atoms in total. The summed E-state index contributed by atoms with van der Waals surface area (Å²) < 4.78 is 47.3. The molecule has 1 atom stereocenters. The van der Waals surface area contributed by atoms with Gasteiger partial charge in [0.2, 0.25) is 11.9 Å². The van der Waals surface area contributed by atoms with Crippen LogP contribution < -0.4 is 10.2 Å². The second kappa shape index (κ2) is 9.52. The van der Waals surface area contributed by atoms with E-state index in [2.05, 4.69) is 5.32 Å². The van der Waals surface area contributed by atoms with Crippen molar-refractivity contribution in [2.24, 2.45) is 5.92 Å². The maximum Gasteiger partial charge on any atom is 0.416 e. The van der Waals surface area contributed by atoms with Crippen molar-refractivity contribution >= 4 is 46.1 Å². The van der Waals surface area contributed by atoms with Crippen LogP contribution in [-0.4, -0.2) is 47.8 Å². The molecule has 35 heavy (non-hydrogen) atoms. The van der Waals surface area contributed by atoms with E-state index in [1.165, 1.54) is 6.07 Å². The number of ether oxygens (including phenoxy) is 1. The topological polar surface area (TPSA) is 59.4 Å². The number of alkyl halides is 3. The quantitative estimate of drug-likeness (QED) is 0.489. The lowest BCUT2D eigenvalue weighted by atomic mass is 9.95. The number of halogens is 5. The molecule has 0 saturated carbocycles. The van der Waals surface area contributed by atoms with Crippen LogP contribution in [0.1, 0.15) is 24.8 Å². The van der Waals surface area contributed by atoms with Crippen LogP contribution in [0, 0.1) is 5.92 Å². The summed E-state index contributed by atoms with van der Waals surface area (Å²) in [5, 5.41) is 3.65. The van der Waals surface area contributed by atoms with Gasteiger partial charge in [-0.2, -0.15) is 13.2 Å². The smallest absolute Gasteiger partial charge is 0.379 e. The third kappa shape index (κ3) is 4.94. The van der Waals surface area contributed by atoms with E-state index in [4.69, 9.17) is 32.9 Å². The molecule has 2 aliphatic rings. The number of hydrogen-bond donors (Lipinski definition) is 1. The molecule has 186 valence electrons. The number of carbonyl (C=O) groups excluding carboxylic acids is 1. The summed E-state index contributed by atoms with van der Waals surface area (Å²) >= 11 is 12.4. The average Bonchev–Trinajstić information content (AvgIpc) is 3.47. The van der Waals surface area contributed by atoms with Crippen molar-refractivity contribution in [2.75, 3.05) is 31.2 Å². The molecule has 3 heterocycles. The molecule has 0 radical (unpaired) electrons. The van der Waals surface area contributed by atoms with Crippen LogP contribution in [-0.2, 0) is 15.7 Å². The number of amides is 1. The lowest BCUT2D eigenvalue weighted by Gasteiger charge is -2.33. The van der Waals surface area contributed by atoms with E-state index in [0.29, 0.717) is 66.8 Å². The molecular formula is C24H23Cl2F3N4O2. The van der Waals surface area contributed by atoms with E-state index in [1.807, 2.05) is 4.90 Å². The van der Waals surface area contributed by atoms with E-state index in [9.17, 15) is 18.0 Å². The van der Waals surface area contributed by atoms with Gasteiger partial charge >= 0.3 is 6.18 Å². The fourth-order valence-corrected chi connectivity index (χ4v) is 4.97. The first-order valence-corrected chi connectivity index (χ1v) is 12.1. The highest BCUT2D eigenvalue weighted by Crippen LogP contribution is 2.36. The second-order valence-corrected chi connectivity index (χ2v) is 9.70. The number of imidazole rings is 1. The van der Waals surface area contributed by atoms with E-state index >= 15 is 0 Å². The Kier molecular flexibility index (Phi) is 6.59. The van der Waals surface area contributed by atoms with Gasteiger partial charge in [-0.05, 0) is 49.6 Å². The number of piperidine rings is 1. The molecule has 1 unspecified atom stereocenters. The summed E-state index contributed by atoms with van der Waals surface area (Å²) in [5.41, 5.74) is 0.633. The average molecular weight is 527 g/mol. The maximum atomic E-state index is 13.4. The molecule has 2 aromatic carbocycles. The van der Waals surface area contributed by atoms with Gasteiger partial charge in [-0.25, -0.2) is 4.98 Å². The normalized spacial score (nSPS) is 19.5. The molecule has 0 aliphatic carbocycles. The number of fused-ring (bicyclic) bond motifs is 1. The molecule has 0 bridgehead atoms. The van der Waals surface area contributed by atoms with Gasteiger partial charge in [0, 0.05) is 31.3 Å². The number of hydrogen-bond acceptors (Lipinski definition) is 4. The van der Waals surface area contributed by atoms with Gasteiger partial charge in [0.1, 0.15) is 0 Å². The zero-order valence-electron chi connectivity index (χ0n) is 18.6. The minimum absolute atomic E-state index is 0.0186. The van der Waals surface area contributed by atoms with Gasteiger partial charge in [-0.3, -0.25) is 9.36 Å². The van der Waals surface area contributed by atoms with Crippen molar-refractivity contribution in [3.8, 4) is 5.69 Å². The monoisotopic (exact) mass is 526 g/mol. The number of anilines is 1.